The maximum Gasteiger partial charge on any atom is 0.175 e. The number of nitrogens with zero attached hydrogens (tertiary/aromatic N) is 2. The molecule has 0 heterocycles. The van der Waals surface area contributed by atoms with Crippen LogP contribution in [0.3, 0.4) is 0 Å². The molecule has 0 saturated heterocycles. The third-order valence-corrected chi connectivity index (χ3v) is 3.25. The lowest BCUT2D eigenvalue weighted by atomic mass is 9.93. The van der Waals surface area contributed by atoms with Gasteiger partial charge in [-0.1, -0.05) is 24.3 Å². The number of phenolic OH excluding ortho intramolecular Hbond substituents is 2. The number of aryl methyl sites for hydroxylation is 1. The molecule has 2 rings (SSSR count). The van der Waals surface area contributed by atoms with Gasteiger partial charge >= 0.3 is 0 Å². The molecule has 0 aliphatic carbocycles. The van der Waals surface area contributed by atoms with Crippen molar-refractivity contribution in [2.24, 2.45) is 0 Å². The zero-order valence-electron chi connectivity index (χ0n) is 10.9. The van der Waals surface area contributed by atoms with Gasteiger partial charge in [0.2, 0.25) is 0 Å². The van der Waals surface area contributed by atoms with Gasteiger partial charge in [0.05, 0.1) is 11.6 Å². The topological polar surface area (TPSA) is 88.0 Å². The highest BCUT2D eigenvalue weighted by Crippen LogP contribution is 2.34. The van der Waals surface area contributed by atoms with Gasteiger partial charge in [0, 0.05) is 12.5 Å². The molecule has 0 aliphatic heterocycles. The van der Waals surface area contributed by atoms with E-state index < -0.39 is 11.5 Å². The van der Waals surface area contributed by atoms with Crippen molar-refractivity contribution in [3.8, 4) is 23.6 Å². The minimum atomic E-state index is -0.477. The predicted molar refractivity (Wildman–Crippen MR) is 73.2 cm³/mol. The number of phenols is 2. The van der Waals surface area contributed by atoms with Gasteiger partial charge in [-0.05, 0) is 23.6 Å². The molecule has 0 bridgehead atoms. The largest absolute Gasteiger partial charge is 0.504 e. The van der Waals surface area contributed by atoms with Crippen molar-refractivity contribution in [2.75, 3.05) is 0 Å². The Morgan fingerprint density at radius 2 is 1.80 bits per heavy atom. The van der Waals surface area contributed by atoms with Crippen molar-refractivity contribution in [2.45, 2.75) is 13.3 Å². The van der Waals surface area contributed by atoms with Gasteiger partial charge in [-0.2, -0.15) is 10.5 Å². The second-order valence-corrected chi connectivity index (χ2v) is 4.47. The Hall–Kier alpha value is -2.98. The Morgan fingerprint density at radius 3 is 2.40 bits per heavy atom. The molecular formula is C16H12N2O2. The molecule has 0 unspecified atom stereocenters. The minimum absolute atomic E-state index is 0.0511. The fraction of sp³-hybridized carbons (Fsp3) is 0.125. The standard InChI is InChI=1S/C16H12N2O2/c1-10-4-2-3-5-11(10)6-13-12(8-17)7-15(19)16(20)14(13)9-18/h2-5,7,19-20H,6H2,1H3. The van der Waals surface area contributed by atoms with Crippen LogP contribution in [0.4, 0.5) is 0 Å². The van der Waals surface area contributed by atoms with E-state index in [1.54, 1.807) is 0 Å². The van der Waals surface area contributed by atoms with E-state index in [0.717, 1.165) is 11.1 Å². The fourth-order valence-electron chi connectivity index (χ4n) is 2.10. The Balaban J connectivity index is 2.63. The molecule has 2 aromatic carbocycles. The minimum Gasteiger partial charge on any atom is -0.504 e. The molecule has 0 aliphatic rings. The molecule has 4 heteroatoms. The first kappa shape index (κ1) is 13.5. The number of aromatic hydroxyl groups is 2. The fourth-order valence-corrected chi connectivity index (χ4v) is 2.10. The first-order valence-corrected chi connectivity index (χ1v) is 6.01. The highest BCUT2D eigenvalue weighted by atomic mass is 16.3. The van der Waals surface area contributed by atoms with E-state index in [1.165, 1.54) is 6.07 Å². The Bertz CT molecular complexity index is 752. The number of hydrogen-bond acceptors (Lipinski definition) is 4. The van der Waals surface area contributed by atoms with E-state index >= 15 is 0 Å². The predicted octanol–water partition coefficient (Wildman–Crippen LogP) is 2.74. The van der Waals surface area contributed by atoms with Gasteiger partial charge in [0.15, 0.2) is 11.5 Å². The highest BCUT2D eigenvalue weighted by Gasteiger charge is 2.18. The molecule has 0 atom stereocenters. The van der Waals surface area contributed by atoms with E-state index in [2.05, 4.69) is 0 Å². The lowest BCUT2D eigenvalue weighted by molar-refractivity contribution is 0.402. The molecule has 0 fully saturated rings. The molecule has 0 amide bonds. The van der Waals surface area contributed by atoms with Gasteiger partial charge in [-0.15, -0.1) is 0 Å². The molecule has 0 aromatic heterocycles. The Labute approximate surface area is 116 Å². The number of hydrogen-bond donors (Lipinski definition) is 2. The maximum atomic E-state index is 9.76. The second-order valence-electron chi connectivity index (χ2n) is 4.47. The highest BCUT2D eigenvalue weighted by molar-refractivity contribution is 5.62. The van der Waals surface area contributed by atoms with Crippen LogP contribution >= 0.6 is 0 Å². The summed E-state index contributed by atoms with van der Waals surface area (Å²) in [6, 6.07) is 12.6. The molecule has 4 nitrogen and oxygen atoms in total. The molecule has 98 valence electrons. The van der Waals surface area contributed by atoms with Crippen molar-refractivity contribution < 1.29 is 10.2 Å². The summed E-state index contributed by atoms with van der Waals surface area (Å²) in [5, 5.41) is 37.6. The number of nitriles is 2. The van der Waals surface area contributed by atoms with Crippen LogP contribution in [0.25, 0.3) is 0 Å². The lowest BCUT2D eigenvalue weighted by Crippen LogP contribution is -1.99. The number of benzene rings is 2. The van der Waals surface area contributed by atoms with Gasteiger partial charge in [0.1, 0.15) is 11.6 Å². The zero-order valence-corrected chi connectivity index (χ0v) is 10.9. The molecule has 2 aromatic rings. The molecule has 0 spiro atoms. The average molecular weight is 264 g/mol. The first-order valence-electron chi connectivity index (χ1n) is 6.01. The summed E-state index contributed by atoms with van der Waals surface area (Å²) in [5.74, 6) is -0.929. The summed E-state index contributed by atoms with van der Waals surface area (Å²) in [6.07, 6.45) is 0.353. The van der Waals surface area contributed by atoms with E-state index in [4.69, 9.17) is 10.5 Å². The quantitative estimate of drug-likeness (QED) is 0.816. The van der Waals surface area contributed by atoms with Gasteiger partial charge in [-0.25, -0.2) is 0 Å². The lowest BCUT2D eigenvalue weighted by Gasteiger charge is -2.11. The van der Waals surface area contributed by atoms with E-state index in [-0.39, 0.29) is 11.1 Å². The third kappa shape index (κ3) is 2.28. The maximum absolute atomic E-state index is 9.76. The molecule has 0 saturated carbocycles. The molecular weight excluding hydrogens is 252 g/mol. The smallest absolute Gasteiger partial charge is 0.175 e. The Morgan fingerprint density at radius 1 is 1.10 bits per heavy atom. The van der Waals surface area contributed by atoms with Crippen LogP contribution < -0.4 is 0 Å². The molecule has 2 N–H and O–H groups in total. The summed E-state index contributed by atoms with van der Waals surface area (Å²) >= 11 is 0. The summed E-state index contributed by atoms with van der Waals surface area (Å²) in [6.45, 7) is 1.94. The van der Waals surface area contributed by atoms with Crippen LogP contribution in [0, 0.1) is 29.6 Å². The number of rotatable bonds is 2. The normalized spacial score (nSPS) is 9.75. The first-order chi connectivity index (χ1) is 9.58. The van der Waals surface area contributed by atoms with Crippen LogP contribution in [-0.4, -0.2) is 10.2 Å². The van der Waals surface area contributed by atoms with Crippen LogP contribution in [0.1, 0.15) is 27.8 Å². The second kappa shape index (κ2) is 5.34. The average Bonchev–Trinajstić information content (AvgIpc) is 2.45. The SMILES string of the molecule is Cc1ccccc1Cc1c(C#N)cc(O)c(O)c1C#N. The molecule has 20 heavy (non-hydrogen) atoms. The van der Waals surface area contributed by atoms with E-state index in [9.17, 15) is 10.2 Å². The van der Waals surface area contributed by atoms with Crippen molar-refractivity contribution in [3.05, 3.63) is 58.1 Å². The summed E-state index contributed by atoms with van der Waals surface area (Å²) in [7, 11) is 0. The van der Waals surface area contributed by atoms with Crippen LogP contribution in [0.2, 0.25) is 0 Å². The third-order valence-electron chi connectivity index (χ3n) is 3.25. The molecule has 0 radical (unpaired) electrons. The zero-order chi connectivity index (χ0) is 14.7. The summed E-state index contributed by atoms with van der Waals surface area (Å²) in [5.41, 5.74) is 2.57. The van der Waals surface area contributed by atoms with Crippen molar-refractivity contribution in [1.82, 2.24) is 0 Å². The van der Waals surface area contributed by atoms with Crippen molar-refractivity contribution in [3.63, 3.8) is 0 Å². The van der Waals surface area contributed by atoms with Gasteiger partial charge in [-0.3, -0.25) is 0 Å². The van der Waals surface area contributed by atoms with E-state index in [1.807, 2.05) is 43.3 Å². The monoisotopic (exact) mass is 264 g/mol. The van der Waals surface area contributed by atoms with Crippen LogP contribution in [0.15, 0.2) is 30.3 Å². The van der Waals surface area contributed by atoms with Crippen molar-refractivity contribution in [1.29, 1.82) is 10.5 Å². The summed E-state index contributed by atoms with van der Waals surface area (Å²) in [4.78, 5) is 0. The summed E-state index contributed by atoms with van der Waals surface area (Å²) < 4.78 is 0. The van der Waals surface area contributed by atoms with Crippen molar-refractivity contribution >= 4 is 0 Å². The van der Waals surface area contributed by atoms with Crippen LogP contribution in [-0.2, 0) is 6.42 Å². The van der Waals surface area contributed by atoms with Gasteiger partial charge < -0.3 is 10.2 Å². The van der Waals surface area contributed by atoms with E-state index in [0.29, 0.717) is 12.0 Å². The van der Waals surface area contributed by atoms with Gasteiger partial charge in [0.25, 0.3) is 0 Å². The van der Waals surface area contributed by atoms with Crippen LogP contribution in [0.5, 0.6) is 11.5 Å². The Kier molecular flexibility index (Phi) is 3.59.